The first-order valence-corrected chi connectivity index (χ1v) is 6.92. The first kappa shape index (κ1) is 14.1. The highest BCUT2D eigenvalue weighted by molar-refractivity contribution is 6.30. The summed E-state index contributed by atoms with van der Waals surface area (Å²) < 4.78 is 1.91. The molecule has 1 heterocycles. The van der Waals surface area contributed by atoms with Crippen LogP contribution < -0.4 is 5.32 Å². The average molecular weight is 278 g/mol. The molecule has 19 heavy (non-hydrogen) atoms. The highest BCUT2D eigenvalue weighted by Gasteiger charge is 2.12. The van der Waals surface area contributed by atoms with Gasteiger partial charge in [0.05, 0.1) is 5.69 Å². The van der Waals surface area contributed by atoms with Crippen molar-refractivity contribution in [1.82, 2.24) is 15.1 Å². The molecule has 0 saturated heterocycles. The van der Waals surface area contributed by atoms with Crippen LogP contribution in [-0.4, -0.2) is 15.8 Å². The van der Waals surface area contributed by atoms with Gasteiger partial charge in [0.1, 0.15) is 0 Å². The Balaban J connectivity index is 1.94. The van der Waals surface area contributed by atoms with E-state index in [1.54, 1.807) is 0 Å². The van der Waals surface area contributed by atoms with Gasteiger partial charge in [0.15, 0.2) is 0 Å². The highest BCUT2D eigenvalue weighted by Crippen LogP contribution is 2.15. The average Bonchev–Trinajstić information content (AvgIpc) is 2.75. The standard InChI is InChI=1S/C15H20ClN3/c1-11(9-13-5-4-6-14(16)10-13)18-12(2)15-7-8-17-19(15)3/h4-8,10-12,18H,9H2,1-3H3. The molecule has 0 bridgehead atoms. The molecule has 1 aromatic carbocycles. The lowest BCUT2D eigenvalue weighted by Gasteiger charge is -2.20. The molecule has 0 fully saturated rings. The van der Waals surface area contributed by atoms with Crippen molar-refractivity contribution in [3.8, 4) is 0 Å². The van der Waals surface area contributed by atoms with Crippen LogP contribution in [0.5, 0.6) is 0 Å². The Morgan fingerprint density at radius 1 is 1.32 bits per heavy atom. The molecule has 2 atom stereocenters. The van der Waals surface area contributed by atoms with Crippen molar-refractivity contribution in [1.29, 1.82) is 0 Å². The van der Waals surface area contributed by atoms with E-state index in [2.05, 4.69) is 30.3 Å². The summed E-state index contributed by atoms with van der Waals surface area (Å²) in [5, 5.41) is 8.58. The van der Waals surface area contributed by atoms with Crippen molar-refractivity contribution >= 4 is 11.6 Å². The van der Waals surface area contributed by atoms with Gasteiger partial charge in [-0.1, -0.05) is 23.7 Å². The minimum atomic E-state index is 0.279. The number of aryl methyl sites for hydroxylation is 1. The number of hydrogen-bond acceptors (Lipinski definition) is 2. The van der Waals surface area contributed by atoms with E-state index in [1.807, 2.05) is 42.2 Å². The predicted molar refractivity (Wildman–Crippen MR) is 79.4 cm³/mol. The Kier molecular flexibility index (Phi) is 4.61. The summed E-state index contributed by atoms with van der Waals surface area (Å²) in [5.41, 5.74) is 2.45. The third-order valence-electron chi connectivity index (χ3n) is 3.27. The third-order valence-corrected chi connectivity index (χ3v) is 3.50. The smallest absolute Gasteiger partial charge is 0.0547 e. The number of aromatic nitrogens is 2. The predicted octanol–water partition coefficient (Wildman–Crippen LogP) is 3.36. The third kappa shape index (κ3) is 3.82. The fraction of sp³-hybridized carbons (Fsp3) is 0.400. The second-order valence-corrected chi connectivity index (χ2v) is 5.44. The lowest BCUT2D eigenvalue weighted by molar-refractivity contribution is 0.456. The topological polar surface area (TPSA) is 29.9 Å². The summed E-state index contributed by atoms with van der Waals surface area (Å²) in [6.45, 7) is 4.35. The maximum Gasteiger partial charge on any atom is 0.0547 e. The number of hydrogen-bond donors (Lipinski definition) is 1. The van der Waals surface area contributed by atoms with Crippen molar-refractivity contribution < 1.29 is 0 Å². The van der Waals surface area contributed by atoms with Crippen LogP contribution in [-0.2, 0) is 13.5 Å². The fourth-order valence-corrected chi connectivity index (χ4v) is 2.61. The van der Waals surface area contributed by atoms with Gasteiger partial charge in [-0.05, 0) is 44.0 Å². The van der Waals surface area contributed by atoms with Gasteiger partial charge in [-0.3, -0.25) is 4.68 Å². The Bertz CT molecular complexity index is 536. The highest BCUT2D eigenvalue weighted by atomic mass is 35.5. The molecule has 4 heteroatoms. The van der Waals surface area contributed by atoms with Gasteiger partial charge in [0.2, 0.25) is 0 Å². The number of benzene rings is 1. The van der Waals surface area contributed by atoms with Crippen molar-refractivity contribution in [2.75, 3.05) is 0 Å². The van der Waals surface area contributed by atoms with E-state index in [0.717, 1.165) is 11.4 Å². The SMILES string of the molecule is CC(Cc1cccc(Cl)c1)NC(C)c1ccnn1C. The van der Waals surface area contributed by atoms with E-state index < -0.39 is 0 Å². The Morgan fingerprint density at radius 3 is 2.74 bits per heavy atom. The van der Waals surface area contributed by atoms with E-state index in [9.17, 15) is 0 Å². The largest absolute Gasteiger partial charge is 0.306 e. The Hall–Kier alpha value is -1.32. The molecule has 2 aromatic rings. The van der Waals surface area contributed by atoms with Crippen molar-refractivity contribution in [2.24, 2.45) is 7.05 Å². The van der Waals surface area contributed by atoms with E-state index >= 15 is 0 Å². The molecule has 0 aliphatic rings. The van der Waals surface area contributed by atoms with Crippen LogP contribution in [0.25, 0.3) is 0 Å². The van der Waals surface area contributed by atoms with E-state index in [0.29, 0.717) is 6.04 Å². The monoisotopic (exact) mass is 277 g/mol. The number of rotatable bonds is 5. The van der Waals surface area contributed by atoms with Gasteiger partial charge in [-0.25, -0.2) is 0 Å². The number of halogens is 1. The summed E-state index contributed by atoms with van der Waals surface area (Å²) in [5.74, 6) is 0. The fourth-order valence-electron chi connectivity index (χ4n) is 2.40. The van der Waals surface area contributed by atoms with E-state index in [4.69, 9.17) is 11.6 Å². The number of nitrogens with zero attached hydrogens (tertiary/aromatic N) is 2. The van der Waals surface area contributed by atoms with Crippen LogP contribution in [0.4, 0.5) is 0 Å². The van der Waals surface area contributed by atoms with Gasteiger partial charge >= 0.3 is 0 Å². The minimum Gasteiger partial charge on any atom is -0.306 e. The Labute approximate surface area is 119 Å². The molecular formula is C15H20ClN3. The summed E-state index contributed by atoms with van der Waals surface area (Å²) >= 11 is 6.00. The molecule has 0 aliphatic heterocycles. The van der Waals surface area contributed by atoms with Gasteiger partial charge in [-0.2, -0.15) is 5.10 Å². The maximum atomic E-state index is 6.00. The zero-order chi connectivity index (χ0) is 13.8. The van der Waals surface area contributed by atoms with Crippen molar-refractivity contribution in [2.45, 2.75) is 32.4 Å². The Morgan fingerprint density at radius 2 is 2.11 bits per heavy atom. The maximum absolute atomic E-state index is 6.00. The zero-order valence-corrected chi connectivity index (χ0v) is 12.4. The van der Waals surface area contributed by atoms with Crippen LogP contribution in [0.15, 0.2) is 36.5 Å². The lowest BCUT2D eigenvalue weighted by atomic mass is 10.1. The molecule has 102 valence electrons. The van der Waals surface area contributed by atoms with Gasteiger partial charge < -0.3 is 5.32 Å². The second kappa shape index (κ2) is 6.22. The van der Waals surface area contributed by atoms with Crippen LogP contribution in [0.1, 0.15) is 31.1 Å². The first-order chi connectivity index (χ1) is 9.06. The molecule has 3 nitrogen and oxygen atoms in total. The van der Waals surface area contributed by atoms with Crippen molar-refractivity contribution in [3.63, 3.8) is 0 Å². The zero-order valence-electron chi connectivity index (χ0n) is 11.6. The molecule has 0 aliphatic carbocycles. The molecule has 1 aromatic heterocycles. The second-order valence-electron chi connectivity index (χ2n) is 5.00. The van der Waals surface area contributed by atoms with Crippen LogP contribution >= 0.6 is 11.6 Å². The summed E-state index contributed by atoms with van der Waals surface area (Å²) in [6, 6.07) is 10.7. The molecule has 0 amide bonds. The van der Waals surface area contributed by atoms with Crippen LogP contribution in [0.2, 0.25) is 5.02 Å². The van der Waals surface area contributed by atoms with Gasteiger partial charge in [0.25, 0.3) is 0 Å². The van der Waals surface area contributed by atoms with E-state index in [-0.39, 0.29) is 6.04 Å². The quantitative estimate of drug-likeness (QED) is 0.908. The van der Waals surface area contributed by atoms with Crippen LogP contribution in [0.3, 0.4) is 0 Å². The normalized spacial score (nSPS) is 14.3. The van der Waals surface area contributed by atoms with Crippen molar-refractivity contribution in [3.05, 3.63) is 52.8 Å². The van der Waals surface area contributed by atoms with Gasteiger partial charge in [0, 0.05) is 30.4 Å². The van der Waals surface area contributed by atoms with E-state index in [1.165, 1.54) is 11.3 Å². The molecule has 0 saturated carbocycles. The lowest BCUT2D eigenvalue weighted by Crippen LogP contribution is -2.31. The molecule has 1 N–H and O–H groups in total. The molecule has 0 spiro atoms. The first-order valence-electron chi connectivity index (χ1n) is 6.54. The molecule has 2 unspecified atom stereocenters. The van der Waals surface area contributed by atoms with Gasteiger partial charge in [-0.15, -0.1) is 0 Å². The molecular weight excluding hydrogens is 258 g/mol. The summed E-state index contributed by atoms with van der Waals surface area (Å²) in [4.78, 5) is 0. The minimum absolute atomic E-state index is 0.279. The number of nitrogens with one attached hydrogen (secondary N) is 1. The van der Waals surface area contributed by atoms with Crippen LogP contribution in [0, 0.1) is 0 Å². The summed E-state index contributed by atoms with van der Waals surface area (Å²) in [6.07, 6.45) is 2.79. The summed E-state index contributed by atoms with van der Waals surface area (Å²) in [7, 11) is 1.97. The molecule has 2 rings (SSSR count). The molecule has 0 radical (unpaired) electrons.